The van der Waals surface area contributed by atoms with Crippen LogP contribution >= 0.6 is 12.4 Å². The van der Waals surface area contributed by atoms with Gasteiger partial charge < -0.3 is 15.2 Å². The van der Waals surface area contributed by atoms with Crippen LogP contribution in [0.2, 0.25) is 0 Å². The van der Waals surface area contributed by atoms with E-state index in [2.05, 4.69) is 9.71 Å². The number of nitrogens with two attached hydrogens (primary N) is 1. The van der Waals surface area contributed by atoms with Gasteiger partial charge in [-0.1, -0.05) is 0 Å². The van der Waals surface area contributed by atoms with Crippen LogP contribution in [0.4, 0.5) is 0 Å². The van der Waals surface area contributed by atoms with E-state index in [4.69, 9.17) is 5.73 Å². The number of rotatable bonds is 6. The van der Waals surface area contributed by atoms with E-state index < -0.39 is 10.0 Å². The molecule has 0 aromatic carbocycles. The summed E-state index contributed by atoms with van der Waals surface area (Å²) in [6, 6.07) is 0.0616. The van der Waals surface area contributed by atoms with Gasteiger partial charge in [0.25, 0.3) is 10.0 Å². The molecule has 0 aliphatic carbocycles. The van der Waals surface area contributed by atoms with Gasteiger partial charge in [0, 0.05) is 45.3 Å². The molecule has 1 saturated heterocycles. The van der Waals surface area contributed by atoms with Crippen LogP contribution in [0, 0.1) is 12.8 Å². The fourth-order valence-electron chi connectivity index (χ4n) is 2.85. The highest BCUT2D eigenvalue weighted by molar-refractivity contribution is 7.89. The minimum absolute atomic E-state index is 0. The summed E-state index contributed by atoms with van der Waals surface area (Å²) in [5.41, 5.74) is 5.93. The van der Waals surface area contributed by atoms with E-state index in [9.17, 15) is 13.2 Å². The molecule has 1 aliphatic heterocycles. The van der Waals surface area contributed by atoms with Gasteiger partial charge in [0.15, 0.2) is 5.03 Å². The number of aryl methyl sites for hydroxylation is 2. The number of aromatic nitrogens is 2. The van der Waals surface area contributed by atoms with Gasteiger partial charge in [0.1, 0.15) is 5.82 Å². The van der Waals surface area contributed by atoms with Crippen molar-refractivity contribution in [3.8, 4) is 0 Å². The van der Waals surface area contributed by atoms with Crippen LogP contribution < -0.4 is 10.5 Å². The molecule has 3 N–H and O–H groups in total. The largest absolute Gasteiger partial charge is 0.342 e. The Hall–Kier alpha value is -1.16. The molecule has 8 nitrogen and oxygen atoms in total. The minimum Gasteiger partial charge on any atom is -0.342 e. The first-order valence-corrected chi connectivity index (χ1v) is 9.72. The number of halogens is 1. The van der Waals surface area contributed by atoms with Crippen molar-refractivity contribution in [3.63, 3.8) is 0 Å². The number of nitrogens with zero attached hydrogens (tertiary/aromatic N) is 3. The Morgan fingerprint density at radius 1 is 1.52 bits per heavy atom. The number of nitrogens with one attached hydrogen (secondary N) is 1. The van der Waals surface area contributed by atoms with Crippen molar-refractivity contribution in [2.24, 2.45) is 18.7 Å². The molecule has 0 saturated carbocycles. The van der Waals surface area contributed by atoms with Gasteiger partial charge in [0.2, 0.25) is 5.91 Å². The topological polar surface area (TPSA) is 110 Å². The van der Waals surface area contributed by atoms with Crippen molar-refractivity contribution in [1.82, 2.24) is 19.2 Å². The van der Waals surface area contributed by atoms with Crippen molar-refractivity contribution >= 4 is 28.3 Å². The third-order valence-corrected chi connectivity index (χ3v) is 5.88. The molecule has 2 atom stereocenters. The molecule has 2 rings (SSSR count). The number of piperidine rings is 1. The van der Waals surface area contributed by atoms with Crippen molar-refractivity contribution in [2.45, 2.75) is 44.2 Å². The first-order valence-electron chi connectivity index (χ1n) is 8.23. The van der Waals surface area contributed by atoms with Gasteiger partial charge in [-0.25, -0.2) is 18.1 Å². The maximum absolute atomic E-state index is 12.3. The molecule has 0 spiro atoms. The Kier molecular flexibility index (Phi) is 7.86. The third-order valence-electron chi connectivity index (χ3n) is 4.55. The smallest absolute Gasteiger partial charge is 0.259 e. The number of amides is 1. The summed E-state index contributed by atoms with van der Waals surface area (Å²) in [5.74, 6) is 0.887. The second kappa shape index (κ2) is 8.98. The number of likely N-dealkylation sites (tertiary alicyclic amines) is 1. The lowest BCUT2D eigenvalue weighted by Gasteiger charge is -2.34. The second-order valence-electron chi connectivity index (χ2n) is 6.49. The van der Waals surface area contributed by atoms with Gasteiger partial charge in [-0.3, -0.25) is 4.79 Å². The molecule has 1 aromatic rings. The lowest BCUT2D eigenvalue weighted by atomic mass is 9.92. The normalized spacial score (nSPS) is 19.4. The van der Waals surface area contributed by atoms with E-state index in [0.29, 0.717) is 24.8 Å². The van der Waals surface area contributed by atoms with Crippen LogP contribution in [0.1, 0.15) is 32.0 Å². The molecular weight excluding hydrogens is 366 g/mol. The number of hydrogen-bond donors (Lipinski definition) is 2. The Morgan fingerprint density at radius 2 is 2.20 bits per heavy atom. The van der Waals surface area contributed by atoms with Crippen LogP contribution in [-0.4, -0.2) is 54.5 Å². The zero-order chi connectivity index (χ0) is 17.9. The Labute approximate surface area is 155 Å². The predicted molar refractivity (Wildman–Crippen MR) is 98.0 cm³/mol. The van der Waals surface area contributed by atoms with E-state index in [1.807, 2.05) is 6.92 Å². The summed E-state index contributed by atoms with van der Waals surface area (Å²) in [6.45, 7) is 5.13. The van der Waals surface area contributed by atoms with Crippen molar-refractivity contribution in [3.05, 3.63) is 12.0 Å². The van der Waals surface area contributed by atoms with Gasteiger partial charge in [-0.05, 0) is 32.6 Å². The molecule has 25 heavy (non-hydrogen) atoms. The Morgan fingerprint density at radius 3 is 2.76 bits per heavy atom. The highest BCUT2D eigenvalue weighted by atomic mass is 35.5. The first-order chi connectivity index (χ1) is 11.2. The van der Waals surface area contributed by atoms with Gasteiger partial charge in [0.05, 0.1) is 0 Å². The monoisotopic (exact) mass is 393 g/mol. The van der Waals surface area contributed by atoms with E-state index in [1.54, 1.807) is 23.4 Å². The van der Waals surface area contributed by atoms with E-state index >= 15 is 0 Å². The predicted octanol–water partition coefficient (Wildman–Crippen LogP) is 0.405. The standard InChI is InChI=1S/C15H27N5O3S.ClH/c1-11(16)13-5-4-8-20(9-13)15(21)6-7-17-24(22,23)14-10-19(3)12(2)18-14;/h10-11,13,17H,4-9,16H2,1-3H3;1H. The quantitative estimate of drug-likeness (QED) is 0.727. The fourth-order valence-corrected chi connectivity index (χ4v) is 3.91. The number of imidazole rings is 1. The average Bonchev–Trinajstić information content (AvgIpc) is 2.87. The molecule has 0 bridgehead atoms. The van der Waals surface area contributed by atoms with E-state index in [-0.39, 0.29) is 42.3 Å². The summed E-state index contributed by atoms with van der Waals surface area (Å²) in [6.07, 6.45) is 3.57. The highest BCUT2D eigenvalue weighted by Gasteiger charge is 2.26. The first kappa shape index (κ1) is 21.9. The van der Waals surface area contributed by atoms with Crippen LogP contribution in [0.3, 0.4) is 0 Å². The molecule has 1 fully saturated rings. The molecule has 1 aromatic heterocycles. The summed E-state index contributed by atoms with van der Waals surface area (Å²) in [5, 5.41) is -0.0232. The van der Waals surface area contributed by atoms with Gasteiger partial charge in [-0.2, -0.15) is 0 Å². The van der Waals surface area contributed by atoms with E-state index in [0.717, 1.165) is 12.8 Å². The number of carbonyl (C=O) groups excluding carboxylic acids is 1. The number of carbonyl (C=O) groups is 1. The number of hydrogen-bond acceptors (Lipinski definition) is 5. The molecule has 0 radical (unpaired) electrons. The lowest BCUT2D eigenvalue weighted by Crippen LogP contribution is -2.45. The van der Waals surface area contributed by atoms with Crippen LogP contribution in [0.15, 0.2) is 11.2 Å². The fraction of sp³-hybridized carbons (Fsp3) is 0.733. The molecular formula is C15H28ClN5O3S. The molecule has 10 heteroatoms. The van der Waals surface area contributed by atoms with Gasteiger partial charge in [-0.15, -0.1) is 12.4 Å². The van der Waals surface area contributed by atoms with Crippen LogP contribution in [0.25, 0.3) is 0 Å². The zero-order valence-corrected chi connectivity index (χ0v) is 16.6. The molecule has 1 amide bonds. The van der Waals surface area contributed by atoms with Crippen LogP contribution in [-0.2, 0) is 21.9 Å². The maximum atomic E-state index is 12.3. The Bertz CT molecular complexity index is 670. The second-order valence-corrected chi connectivity index (χ2v) is 8.20. The summed E-state index contributed by atoms with van der Waals surface area (Å²) in [4.78, 5) is 18.1. The van der Waals surface area contributed by atoms with Crippen LogP contribution in [0.5, 0.6) is 0 Å². The number of sulfonamides is 1. The molecule has 144 valence electrons. The maximum Gasteiger partial charge on any atom is 0.259 e. The zero-order valence-electron chi connectivity index (χ0n) is 14.9. The molecule has 1 aliphatic rings. The average molecular weight is 394 g/mol. The summed E-state index contributed by atoms with van der Waals surface area (Å²) >= 11 is 0. The SMILES string of the molecule is Cc1nc(S(=O)(=O)NCCC(=O)N2CCCC(C(C)N)C2)cn1C.Cl. The highest BCUT2D eigenvalue weighted by Crippen LogP contribution is 2.19. The third kappa shape index (κ3) is 5.67. The minimum atomic E-state index is -3.69. The molecule has 2 heterocycles. The van der Waals surface area contributed by atoms with Crippen molar-refractivity contribution < 1.29 is 13.2 Å². The molecule has 2 unspecified atom stereocenters. The summed E-state index contributed by atoms with van der Waals surface area (Å²) < 4.78 is 28.4. The van der Waals surface area contributed by atoms with E-state index in [1.165, 1.54) is 6.20 Å². The lowest BCUT2D eigenvalue weighted by molar-refractivity contribution is -0.132. The Balaban J connectivity index is 0.00000312. The summed E-state index contributed by atoms with van der Waals surface area (Å²) in [7, 11) is -1.95. The van der Waals surface area contributed by atoms with Crippen molar-refractivity contribution in [1.29, 1.82) is 0 Å². The van der Waals surface area contributed by atoms with Gasteiger partial charge >= 0.3 is 0 Å². The van der Waals surface area contributed by atoms with Crippen molar-refractivity contribution in [2.75, 3.05) is 19.6 Å².